The Morgan fingerprint density at radius 2 is 1.48 bits per heavy atom. The maximum atomic E-state index is 13.3. The number of hydrogen-bond donors (Lipinski definition) is 4. The molecular formula is C22H28N11O9PS. The van der Waals surface area contributed by atoms with Crippen LogP contribution < -0.4 is 16.2 Å². The number of ether oxygens (including phenoxy) is 2. The van der Waals surface area contributed by atoms with Gasteiger partial charge in [0.15, 0.2) is 29.2 Å². The van der Waals surface area contributed by atoms with Gasteiger partial charge in [0.2, 0.25) is 0 Å². The molecule has 2 bridgehead atoms. The van der Waals surface area contributed by atoms with Gasteiger partial charge in [-0.05, 0) is 0 Å². The second-order valence-corrected chi connectivity index (χ2v) is 13.5. The van der Waals surface area contributed by atoms with Crippen molar-refractivity contribution in [2.45, 2.75) is 50.7 Å². The highest BCUT2D eigenvalue weighted by atomic mass is 32.2. The van der Waals surface area contributed by atoms with Gasteiger partial charge in [0.05, 0.1) is 25.4 Å². The number of nitrogens with two attached hydrogens (primary N) is 2. The van der Waals surface area contributed by atoms with E-state index in [9.17, 15) is 17.9 Å². The van der Waals surface area contributed by atoms with Crippen LogP contribution in [-0.2, 0) is 37.6 Å². The Kier molecular flexibility index (Phi) is 7.06. The number of anilines is 2. The first-order valence-electron chi connectivity index (χ1n) is 13.4. The minimum atomic E-state index is -4.74. The van der Waals surface area contributed by atoms with Crippen LogP contribution in [0.2, 0.25) is 0 Å². The van der Waals surface area contributed by atoms with Crippen LogP contribution in [0.15, 0.2) is 25.3 Å². The van der Waals surface area contributed by atoms with E-state index >= 15 is 0 Å². The molecule has 4 aromatic heterocycles. The van der Waals surface area contributed by atoms with Crippen LogP contribution in [0.4, 0.5) is 11.6 Å². The molecule has 20 nitrogen and oxygen atoms in total. The summed E-state index contributed by atoms with van der Waals surface area (Å²) >= 11 is 0. The molecule has 1 unspecified atom stereocenters. The zero-order valence-corrected chi connectivity index (χ0v) is 24.9. The topological polar surface area (TPSA) is 269 Å². The quantitative estimate of drug-likeness (QED) is 0.201. The van der Waals surface area contributed by atoms with Crippen LogP contribution in [0.3, 0.4) is 0 Å². The van der Waals surface area contributed by atoms with Crippen molar-refractivity contribution in [3.63, 3.8) is 0 Å². The van der Waals surface area contributed by atoms with Gasteiger partial charge in [-0.25, -0.2) is 38.7 Å². The summed E-state index contributed by atoms with van der Waals surface area (Å²) in [6, 6.07) is 0. The molecular weight excluding hydrogens is 625 g/mol. The van der Waals surface area contributed by atoms with E-state index in [1.54, 1.807) is 18.4 Å². The Morgan fingerprint density at radius 1 is 0.886 bits per heavy atom. The van der Waals surface area contributed by atoms with Crippen molar-refractivity contribution < 1.29 is 40.6 Å². The summed E-state index contributed by atoms with van der Waals surface area (Å²) in [7, 11) is -9.20. The molecule has 7 heterocycles. The van der Waals surface area contributed by atoms with E-state index in [4.69, 9.17) is 34.2 Å². The van der Waals surface area contributed by atoms with E-state index < -0.39 is 73.4 Å². The number of nitrogens with zero attached hydrogens (tertiary/aromatic N) is 8. The Morgan fingerprint density at radius 3 is 2.11 bits per heavy atom. The van der Waals surface area contributed by atoms with Crippen molar-refractivity contribution in [3.8, 4) is 0 Å². The highest BCUT2D eigenvalue weighted by Gasteiger charge is 2.51. The molecule has 3 aliphatic heterocycles. The maximum Gasteiger partial charge on any atom is 0.472 e. The zero-order valence-electron chi connectivity index (χ0n) is 23.1. The van der Waals surface area contributed by atoms with Crippen molar-refractivity contribution in [1.29, 1.82) is 0 Å². The molecule has 0 aliphatic carbocycles. The summed E-state index contributed by atoms with van der Waals surface area (Å²) in [5, 5.41) is 0. The number of fused-ring (bicyclic) bond motifs is 5. The lowest BCUT2D eigenvalue weighted by molar-refractivity contribution is -0.0498. The Labute approximate surface area is 248 Å². The number of nitrogen functional groups attached to an aromatic ring is 2. The Balaban J connectivity index is 1.20. The summed E-state index contributed by atoms with van der Waals surface area (Å²) < 4.78 is 74.3. The van der Waals surface area contributed by atoms with Gasteiger partial charge in [-0.3, -0.25) is 18.2 Å². The highest BCUT2D eigenvalue weighted by molar-refractivity contribution is 7.84. The average molecular weight is 654 g/mol. The van der Waals surface area contributed by atoms with Crippen LogP contribution in [0, 0.1) is 11.8 Å². The van der Waals surface area contributed by atoms with Gasteiger partial charge in [0.25, 0.3) is 0 Å². The molecule has 3 fully saturated rings. The van der Waals surface area contributed by atoms with Crippen molar-refractivity contribution in [1.82, 2.24) is 43.8 Å². The first kappa shape index (κ1) is 29.3. The number of aromatic nitrogens is 8. The number of nitrogens with one attached hydrogen (secondary N) is 1. The van der Waals surface area contributed by atoms with Crippen LogP contribution in [0.5, 0.6) is 0 Å². The highest BCUT2D eigenvalue weighted by Crippen LogP contribution is 2.51. The van der Waals surface area contributed by atoms with E-state index in [1.807, 2.05) is 0 Å². The lowest BCUT2D eigenvalue weighted by Gasteiger charge is -2.25. The molecule has 3 saturated heterocycles. The van der Waals surface area contributed by atoms with E-state index in [2.05, 4.69) is 34.6 Å². The molecule has 22 heteroatoms. The molecule has 0 radical (unpaired) electrons. The van der Waals surface area contributed by atoms with Crippen molar-refractivity contribution in [3.05, 3.63) is 25.3 Å². The summed E-state index contributed by atoms with van der Waals surface area (Å²) in [6.07, 6.45) is -0.826. The monoisotopic (exact) mass is 653 g/mol. The minimum absolute atomic E-state index is 0.116. The van der Waals surface area contributed by atoms with Gasteiger partial charge >= 0.3 is 18.1 Å². The molecule has 3 aliphatic rings. The minimum Gasteiger partial charge on any atom is -0.382 e. The molecule has 236 valence electrons. The summed E-state index contributed by atoms with van der Waals surface area (Å²) in [6.45, 7) is 2.56. The van der Waals surface area contributed by atoms with E-state index in [-0.39, 0.29) is 29.3 Å². The van der Waals surface area contributed by atoms with Crippen LogP contribution >= 0.6 is 7.82 Å². The van der Waals surface area contributed by atoms with Crippen LogP contribution in [0.1, 0.15) is 26.3 Å². The number of imidazole rings is 2. The number of phosphoric acid groups is 1. The third-order valence-electron chi connectivity index (χ3n) is 8.03. The standard InChI is InChI=1S/C22H28N11O9PS/c1-9-12-4-38-43(34,35)41-15-10(2)21(32-7-29-13-17(23)25-5-27-19(13)32)39-11(15)3-31-44(36,37)42-16(9)22(40-12)33-8-30-14-18(24)26-6-28-20(14)33/h5-12,15-16,21-22,31H,3-4H2,1-2H3,(H,34,35)(H2,23,25,27)(H2,24,26,28)/t9-,10-,11-,12-,15+,16-,21-,22-/m1/s1. The summed E-state index contributed by atoms with van der Waals surface area (Å²) in [5.41, 5.74) is 13.1. The molecule has 44 heavy (non-hydrogen) atoms. The molecule has 0 saturated carbocycles. The molecule has 0 spiro atoms. The van der Waals surface area contributed by atoms with Gasteiger partial charge in [0, 0.05) is 18.4 Å². The summed E-state index contributed by atoms with van der Waals surface area (Å²) in [4.78, 5) is 35.5. The molecule has 0 amide bonds. The van der Waals surface area contributed by atoms with E-state index in [0.29, 0.717) is 11.2 Å². The SMILES string of the molecule is C[C@@H]1[C@@H]2OP(=O)(O)OC[C@H]3O[C@@H](n4cnc5c(N)ncnc54)[C@H](OS(=O)(=O)NC[C@H]2O[C@H]1n1cnc2c(N)ncnc21)[C@@H]3C. The average Bonchev–Trinajstić information content (AvgIpc) is 3.73. The summed E-state index contributed by atoms with van der Waals surface area (Å²) in [5.74, 6) is -1.00. The smallest absolute Gasteiger partial charge is 0.382 e. The van der Waals surface area contributed by atoms with Crippen LogP contribution in [0.25, 0.3) is 22.3 Å². The first-order chi connectivity index (χ1) is 20.9. The maximum absolute atomic E-state index is 13.3. The van der Waals surface area contributed by atoms with Gasteiger partial charge in [-0.15, -0.1) is 0 Å². The largest absolute Gasteiger partial charge is 0.472 e. The molecule has 6 N–H and O–H groups in total. The van der Waals surface area contributed by atoms with Gasteiger partial charge < -0.3 is 25.8 Å². The molecule has 7 rings (SSSR count). The predicted octanol–water partition coefficient (Wildman–Crippen LogP) is -0.367. The lowest BCUT2D eigenvalue weighted by atomic mass is 10.0. The second-order valence-electron chi connectivity index (χ2n) is 10.7. The number of phosphoric ester groups is 1. The zero-order chi connectivity index (χ0) is 31.0. The fourth-order valence-electron chi connectivity index (χ4n) is 5.76. The third-order valence-corrected chi connectivity index (χ3v) is 10.0. The normalized spacial score (nSPS) is 36.1. The van der Waals surface area contributed by atoms with Crippen LogP contribution in [-0.4, -0.2) is 89.9 Å². The number of rotatable bonds is 2. The first-order valence-corrected chi connectivity index (χ1v) is 16.3. The third kappa shape index (κ3) is 4.99. The predicted molar refractivity (Wildman–Crippen MR) is 148 cm³/mol. The lowest BCUT2D eigenvalue weighted by Crippen LogP contribution is -2.42. The molecule has 0 aromatic carbocycles. The van der Waals surface area contributed by atoms with Gasteiger partial charge in [-0.1, -0.05) is 13.8 Å². The Hall–Kier alpha value is -3.40. The molecule has 4 aromatic rings. The second kappa shape index (κ2) is 10.6. The van der Waals surface area contributed by atoms with E-state index in [0.717, 1.165) is 0 Å². The number of hydrogen-bond acceptors (Lipinski definition) is 16. The van der Waals surface area contributed by atoms with Crippen molar-refractivity contribution in [2.75, 3.05) is 24.6 Å². The van der Waals surface area contributed by atoms with Gasteiger partial charge in [0.1, 0.15) is 48.2 Å². The van der Waals surface area contributed by atoms with E-state index in [1.165, 1.54) is 29.9 Å². The molecule has 9 atom stereocenters. The Bertz CT molecular complexity index is 1890. The van der Waals surface area contributed by atoms with Gasteiger partial charge in [-0.2, -0.15) is 13.1 Å². The fourth-order valence-corrected chi connectivity index (χ4v) is 7.79. The fraction of sp³-hybridized carbons (Fsp3) is 0.545. The van der Waals surface area contributed by atoms with Crippen molar-refractivity contribution >= 4 is 52.1 Å². The van der Waals surface area contributed by atoms with Crippen molar-refractivity contribution in [2.24, 2.45) is 11.8 Å².